The van der Waals surface area contributed by atoms with Gasteiger partial charge in [-0.3, -0.25) is 4.79 Å². The van der Waals surface area contributed by atoms with Gasteiger partial charge in [0.25, 0.3) is 5.91 Å². The fourth-order valence-electron chi connectivity index (χ4n) is 2.50. The second-order valence-electron chi connectivity index (χ2n) is 5.09. The molecule has 1 aliphatic heterocycles. The van der Waals surface area contributed by atoms with E-state index < -0.39 is 18.1 Å². The highest BCUT2D eigenvalue weighted by atomic mass is 16.5. The summed E-state index contributed by atoms with van der Waals surface area (Å²) in [6.45, 7) is 0.269. The smallest absolute Gasteiger partial charge is 0.330 e. The highest BCUT2D eigenvalue weighted by molar-refractivity contribution is 5.98. The number of ether oxygens (including phenoxy) is 1. The van der Waals surface area contributed by atoms with E-state index in [9.17, 15) is 14.7 Å². The van der Waals surface area contributed by atoms with Crippen LogP contribution in [0.3, 0.4) is 0 Å². The maximum atomic E-state index is 12.2. The van der Waals surface area contributed by atoms with Gasteiger partial charge < -0.3 is 14.7 Å². The first-order valence-corrected chi connectivity index (χ1v) is 6.96. The molecule has 0 radical (unpaired) electrons. The molecule has 0 saturated carbocycles. The second-order valence-corrected chi connectivity index (χ2v) is 5.09. The number of carbonyl (C=O) groups is 2. The Kier molecular flexibility index (Phi) is 3.78. The fraction of sp³-hybridized carbons (Fsp3) is 0.176. The van der Waals surface area contributed by atoms with Gasteiger partial charge in [-0.05, 0) is 17.7 Å². The standard InChI is InChI=1S/C17H15NO4/c19-16-15(22-13-9-5-2-6-10-13)14(17(20)21)18(16)11-12-7-3-1-4-8-12/h1-10,14-15H,11H2,(H,20,21)/t14-,15-/m1/s1. The van der Waals surface area contributed by atoms with Crippen molar-refractivity contribution in [2.75, 3.05) is 0 Å². The molecule has 3 rings (SSSR count). The van der Waals surface area contributed by atoms with Crippen molar-refractivity contribution in [1.29, 1.82) is 0 Å². The summed E-state index contributed by atoms with van der Waals surface area (Å²) in [6.07, 6.45) is -0.969. The van der Waals surface area contributed by atoms with Crippen LogP contribution in [0.5, 0.6) is 5.75 Å². The van der Waals surface area contributed by atoms with Gasteiger partial charge in [-0.1, -0.05) is 48.5 Å². The lowest BCUT2D eigenvalue weighted by Crippen LogP contribution is -2.69. The van der Waals surface area contributed by atoms with Crippen LogP contribution in [-0.2, 0) is 16.1 Å². The third kappa shape index (κ3) is 2.65. The quantitative estimate of drug-likeness (QED) is 0.856. The van der Waals surface area contributed by atoms with Gasteiger partial charge in [-0.15, -0.1) is 0 Å². The van der Waals surface area contributed by atoms with Crippen molar-refractivity contribution >= 4 is 11.9 Å². The molecule has 0 bridgehead atoms. The van der Waals surface area contributed by atoms with Crippen molar-refractivity contribution in [2.24, 2.45) is 0 Å². The molecule has 1 aliphatic rings. The number of β-lactam (4-membered cyclic amide) rings is 1. The molecule has 0 unspecified atom stereocenters. The fourth-order valence-corrected chi connectivity index (χ4v) is 2.50. The first-order chi connectivity index (χ1) is 10.7. The average Bonchev–Trinajstić information content (AvgIpc) is 2.54. The van der Waals surface area contributed by atoms with Crippen molar-refractivity contribution < 1.29 is 19.4 Å². The third-order valence-electron chi connectivity index (χ3n) is 3.60. The molecule has 1 heterocycles. The number of nitrogens with zero attached hydrogens (tertiary/aromatic N) is 1. The topological polar surface area (TPSA) is 66.8 Å². The van der Waals surface area contributed by atoms with E-state index in [1.54, 1.807) is 24.3 Å². The van der Waals surface area contributed by atoms with Gasteiger partial charge in [0.05, 0.1) is 0 Å². The van der Waals surface area contributed by atoms with Crippen LogP contribution in [0, 0.1) is 0 Å². The zero-order valence-corrected chi connectivity index (χ0v) is 11.8. The maximum absolute atomic E-state index is 12.2. The number of para-hydroxylation sites is 1. The van der Waals surface area contributed by atoms with Crippen LogP contribution >= 0.6 is 0 Å². The number of likely N-dealkylation sites (tertiary alicyclic amines) is 1. The number of amides is 1. The Morgan fingerprint density at radius 2 is 1.64 bits per heavy atom. The lowest BCUT2D eigenvalue weighted by molar-refractivity contribution is -0.177. The Hall–Kier alpha value is -2.82. The molecule has 22 heavy (non-hydrogen) atoms. The summed E-state index contributed by atoms with van der Waals surface area (Å²) in [6, 6.07) is 17.1. The number of carbonyl (C=O) groups excluding carboxylic acids is 1. The van der Waals surface area contributed by atoms with Gasteiger partial charge in [-0.2, -0.15) is 0 Å². The van der Waals surface area contributed by atoms with Crippen LogP contribution in [0.15, 0.2) is 60.7 Å². The molecule has 1 fully saturated rings. The summed E-state index contributed by atoms with van der Waals surface area (Å²) in [5, 5.41) is 9.37. The molecule has 0 spiro atoms. The van der Waals surface area contributed by atoms with E-state index in [2.05, 4.69) is 0 Å². The lowest BCUT2D eigenvalue weighted by Gasteiger charge is -2.43. The summed E-state index contributed by atoms with van der Waals surface area (Å²) in [4.78, 5) is 25.0. The number of hydrogen-bond acceptors (Lipinski definition) is 3. The van der Waals surface area contributed by atoms with Crippen molar-refractivity contribution in [1.82, 2.24) is 4.90 Å². The minimum absolute atomic E-state index is 0.269. The Morgan fingerprint density at radius 1 is 1.05 bits per heavy atom. The summed E-state index contributed by atoms with van der Waals surface area (Å²) in [5.74, 6) is -0.872. The van der Waals surface area contributed by atoms with Crippen LogP contribution in [-0.4, -0.2) is 34.0 Å². The number of rotatable bonds is 5. The monoisotopic (exact) mass is 297 g/mol. The average molecular weight is 297 g/mol. The van der Waals surface area contributed by atoms with E-state index in [1.807, 2.05) is 36.4 Å². The molecule has 1 saturated heterocycles. The second kappa shape index (κ2) is 5.89. The number of hydrogen-bond donors (Lipinski definition) is 1. The van der Waals surface area contributed by atoms with Gasteiger partial charge in [0.15, 0.2) is 6.04 Å². The Bertz CT molecular complexity index is 620. The molecule has 1 N–H and O–H groups in total. The predicted octanol–water partition coefficient (Wildman–Crippen LogP) is 1.93. The molecule has 5 nitrogen and oxygen atoms in total. The van der Waals surface area contributed by atoms with Crippen molar-refractivity contribution in [3.05, 3.63) is 66.2 Å². The van der Waals surface area contributed by atoms with Gasteiger partial charge >= 0.3 is 5.97 Å². The highest BCUT2D eigenvalue weighted by Crippen LogP contribution is 2.27. The molecule has 0 aliphatic carbocycles. The minimum atomic E-state index is -1.06. The van der Waals surface area contributed by atoms with Crippen LogP contribution < -0.4 is 4.74 Å². The molecule has 112 valence electrons. The van der Waals surface area contributed by atoms with E-state index in [4.69, 9.17) is 4.74 Å². The Balaban J connectivity index is 1.74. The van der Waals surface area contributed by atoms with E-state index in [0.29, 0.717) is 5.75 Å². The molecule has 2 aromatic carbocycles. The largest absolute Gasteiger partial charge is 0.480 e. The first kappa shape index (κ1) is 14.1. The summed E-state index contributed by atoms with van der Waals surface area (Å²) < 4.78 is 5.53. The van der Waals surface area contributed by atoms with Crippen LogP contribution in [0.4, 0.5) is 0 Å². The summed E-state index contributed by atoms with van der Waals surface area (Å²) in [7, 11) is 0. The number of carboxylic acid groups (broad SMARTS) is 1. The van der Waals surface area contributed by atoms with Crippen molar-refractivity contribution in [2.45, 2.75) is 18.7 Å². The molecular formula is C17H15NO4. The van der Waals surface area contributed by atoms with E-state index in [1.165, 1.54) is 4.90 Å². The SMILES string of the molecule is O=C(O)[C@H]1[C@@H](Oc2ccccc2)C(=O)N1Cc1ccccc1. The van der Waals surface area contributed by atoms with E-state index in [0.717, 1.165) is 5.56 Å². The molecule has 2 aromatic rings. The summed E-state index contributed by atoms with van der Waals surface area (Å²) in [5.41, 5.74) is 0.889. The number of benzene rings is 2. The minimum Gasteiger partial charge on any atom is -0.480 e. The summed E-state index contributed by atoms with van der Waals surface area (Å²) >= 11 is 0. The van der Waals surface area contributed by atoms with Crippen molar-refractivity contribution in [3.63, 3.8) is 0 Å². The third-order valence-corrected chi connectivity index (χ3v) is 3.60. The first-order valence-electron chi connectivity index (χ1n) is 6.96. The van der Waals surface area contributed by atoms with Gasteiger partial charge in [0.1, 0.15) is 5.75 Å². The Labute approximate surface area is 127 Å². The molecule has 1 amide bonds. The van der Waals surface area contributed by atoms with Crippen LogP contribution in [0.1, 0.15) is 5.56 Å². The normalized spacial score (nSPS) is 20.4. The predicted molar refractivity (Wildman–Crippen MR) is 79.3 cm³/mol. The van der Waals surface area contributed by atoms with Crippen molar-refractivity contribution in [3.8, 4) is 5.75 Å². The zero-order valence-electron chi connectivity index (χ0n) is 11.8. The zero-order chi connectivity index (χ0) is 15.5. The van der Waals surface area contributed by atoms with Crippen LogP contribution in [0.2, 0.25) is 0 Å². The highest BCUT2D eigenvalue weighted by Gasteiger charge is 2.53. The number of carboxylic acids is 1. The van der Waals surface area contributed by atoms with E-state index in [-0.39, 0.29) is 12.5 Å². The molecule has 5 heteroatoms. The molecular weight excluding hydrogens is 282 g/mol. The molecule has 2 atom stereocenters. The lowest BCUT2D eigenvalue weighted by atomic mass is 9.96. The van der Waals surface area contributed by atoms with Gasteiger partial charge in [-0.25, -0.2) is 4.79 Å². The van der Waals surface area contributed by atoms with Crippen LogP contribution in [0.25, 0.3) is 0 Å². The number of aliphatic carboxylic acids is 1. The van der Waals surface area contributed by atoms with Gasteiger partial charge in [0, 0.05) is 6.54 Å². The maximum Gasteiger partial charge on any atom is 0.330 e. The Morgan fingerprint density at radius 3 is 2.23 bits per heavy atom. The van der Waals surface area contributed by atoms with Gasteiger partial charge in [0.2, 0.25) is 6.10 Å². The van der Waals surface area contributed by atoms with E-state index >= 15 is 0 Å². The molecule has 0 aromatic heterocycles.